The average Bonchev–Trinajstić information content (AvgIpc) is 2.43. The van der Waals surface area contributed by atoms with E-state index >= 15 is 0 Å². The van der Waals surface area contributed by atoms with E-state index in [9.17, 15) is 5.11 Å². The highest BCUT2D eigenvalue weighted by atomic mass is 16.2. The van der Waals surface area contributed by atoms with Crippen molar-refractivity contribution in [1.29, 1.82) is 0 Å². The summed E-state index contributed by atoms with van der Waals surface area (Å²) in [6.07, 6.45) is 21.8. The molecule has 0 amide bonds. The van der Waals surface area contributed by atoms with E-state index in [-0.39, 0.29) is 6.61 Å². The van der Waals surface area contributed by atoms with Crippen molar-refractivity contribution < 1.29 is 5.11 Å². The molecule has 0 radical (unpaired) electrons. The lowest BCUT2D eigenvalue weighted by Crippen LogP contribution is -2.04. The summed E-state index contributed by atoms with van der Waals surface area (Å²) in [5.41, 5.74) is 0. The Morgan fingerprint density at radius 3 is 0.947 bits per heavy atom. The van der Waals surface area contributed by atoms with E-state index in [0.29, 0.717) is 0 Å². The van der Waals surface area contributed by atoms with Gasteiger partial charge in [-0.05, 0) is 0 Å². The molecule has 19 heavy (non-hydrogen) atoms. The highest BCUT2D eigenvalue weighted by Crippen LogP contribution is 2.13. The van der Waals surface area contributed by atoms with Crippen LogP contribution in [0.15, 0.2) is 0 Å². The lowest BCUT2D eigenvalue weighted by molar-refractivity contribution is -0.368. The number of unbranched alkanes of at least 4 members (excludes halogenated alkanes) is 15. The summed E-state index contributed by atoms with van der Waals surface area (Å²) in [6.45, 7) is 2.41. The van der Waals surface area contributed by atoms with Gasteiger partial charge in [-0.15, -0.1) is 6.61 Å². The van der Waals surface area contributed by atoms with Crippen molar-refractivity contribution >= 4 is 0 Å². The van der Waals surface area contributed by atoms with Crippen LogP contribution in [0.2, 0.25) is 0 Å². The molecular weight excluding hydrogens is 232 g/mol. The Morgan fingerprint density at radius 2 is 0.684 bits per heavy atom. The van der Waals surface area contributed by atoms with Crippen LogP contribution in [0.5, 0.6) is 0 Å². The third-order valence-electron chi connectivity index (χ3n) is 4.00. The summed E-state index contributed by atoms with van der Waals surface area (Å²) in [5.74, 6) is 0. The number of hydrogen-bond acceptors (Lipinski definition) is 1. The van der Waals surface area contributed by atoms with Gasteiger partial charge in [0.05, 0.1) is 0 Å². The van der Waals surface area contributed by atoms with Gasteiger partial charge in [-0.3, -0.25) is 0 Å². The first-order chi connectivity index (χ1) is 9.41. The SMILES string of the molecule is CCCCCCCCCCCCCCCCCC[O-]. The normalized spacial score (nSPS) is 11.1. The van der Waals surface area contributed by atoms with Crippen molar-refractivity contribution in [2.24, 2.45) is 0 Å². The smallest absolute Gasteiger partial charge is 0.0533 e. The molecule has 0 unspecified atom stereocenters. The quantitative estimate of drug-likeness (QED) is 0.334. The standard InChI is InChI=1S/C18H37O/c1-2-3-4-5-6-7-8-9-10-11-12-13-14-15-16-17-18-19/h2-18H2,1H3/q-1. The van der Waals surface area contributed by atoms with E-state index in [2.05, 4.69) is 6.92 Å². The van der Waals surface area contributed by atoms with Gasteiger partial charge in [-0.1, -0.05) is 110 Å². The molecule has 1 heteroatoms. The minimum absolute atomic E-state index is 0.123. The Kier molecular flexibility index (Phi) is 17.9. The number of rotatable bonds is 16. The molecule has 1 nitrogen and oxygen atoms in total. The summed E-state index contributed by atoms with van der Waals surface area (Å²) in [4.78, 5) is 0. The second kappa shape index (κ2) is 18.0. The van der Waals surface area contributed by atoms with Gasteiger partial charge in [0.2, 0.25) is 0 Å². The number of hydrogen-bond donors (Lipinski definition) is 0. The van der Waals surface area contributed by atoms with Crippen LogP contribution in [0, 0.1) is 0 Å². The molecule has 0 aliphatic rings. The van der Waals surface area contributed by atoms with Crippen LogP contribution in [0.25, 0.3) is 0 Å². The van der Waals surface area contributed by atoms with Crippen molar-refractivity contribution in [3.63, 3.8) is 0 Å². The van der Waals surface area contributed by atoms with Crippen LogP contribution in [-0.4, -0.2) is 6.61 Å². The van der Waals surface area contributed by atoms with E-state index in [1.54, 1.807) is 0 Å². The highest BCUT2D eigenvalue weighted by molar-refractivity contribution is 4.49. The molecule has 0 fully saturated rings. The summed E-state index contributed by atoms with van der Waals surface area (Å²) < 4.78 is 0. The largest absolute Gasteiger partial charge is 0.854 e. The first kappa shape index (κ1) is 19.0. The molecule has 0 aromatic carbocycles. The van der Waals surface area contributed by atoms with Gasteiger partial charge in [-0.2, -0.15) is 0 Å². The summed E-state index contributed by atoms with van der Waals surface area (Å²) in [7, 11) is 0. The first-order valence-electron chi connectivity index (χ1n) is 9.00. The van der Waals surface area contributed by atoms with Gasteiger partial charge in [0.25, 0.3) is 0 Å². The summed E-state index contributed by atoms with van der Waals surface area (Å²) in [5, 5.41) is 10.3. The zero-order valence-electron chi connectivity index (χ0n) is 13.4. The van der Waals surface area contributed by atoms with Crippen LogP contribution in [0.3, 0.4) is 0 Å². The molecule has 0 saturated heterocycles. The van der Waals surface area contributed by atoms with Crippen LogP contribution in [-0.2, 0) is 0 Å². The lowest BCUT2D eigenvalue weighted by atomic mass is 10.0. The summed E-state index contributed by atoms with van der Waals surface area (Å²) >= 11 is 0. The van der Waals surface area contributed by atoms with Gasteiger partial charge >= 0.3 is 0 Å². The third-order valence-corrected chi connectivity index (χ3v) is 4.00. The molecule has 116 valence electrons. The fourth-order valence-corrected chi connectivity index (χ4v) is 2.65. The van der Waals surface area contributed by atoms with E-state index in [1.807, 2.05) is 0 Å². The predicted molar refractivity (Wildman–Crippen MR) is 84.4 cm³/mol. The predicted octanol–water partition coefficient (Wildman–Crippen LogP) is 5.61. The molecule has 0 atom stereocenters. The van der Waals surface area contributed by atoms with Crippen molar-refractivity contribution in [1.82, 2.24) is 0 Å². The Labute approximate surface area is 122 Å². The van der Waals surface area contributed by atoms with Crippen LogP contribution in [0.1, 0.15) is 110 Å². The average molecular weight is 269 g/mol. The van der Waals surface area contributed by atoms with E-state index in [4.69, 9.17) is 0 Å². The topological polar surface area (TPSA) is 23.1 Å². The maximum atomic E-state index is 10.3. The van der Waals surface area contributed by atoms with Gasteiger partial charge in [0.1, 0.15) is 0 Å². The molecule has 0 aromatic rings. The zero-order chi connectivity index (χ0) is 14.0. The van der Waals surface area contributed by atoms with Gasteiger partial charge < -0.3 is 5.11 Å². The molecule has 0 spiro atoms. The third kappa shape index (κ3) is 18.0. The second-order valence-electron chi connectivity index (χ2n) is 6.01. The van der Waals surface area contributed by atoms with Gasteiger partial charge in [0, 0.05) is 0 Å². The zero-order valence-corrected chi connectivity index (χ0v) is 13.4. The fraction of sp³-hybridized carbons (Fsp3) is 1.00. The van der Waals surface area contributed by atoms with Gasteiger partial charge in [-0.25, -0.2) is 0 Å². The van der Waals surface area contributed by atoms with Crippen LogP contribution >= 0.6 is 0 Å². The molecular formula is C18H37O-. The molecule has 0 aliphatic heterocycles. The molecule has 0 heterocycles. The Balaban J connectivity index is 2.88. The minimum atomic E-state index is 0.123. The molecule has 0 aromatic heterocycles. The van der Waals surface area contributed by atoms with Gasteiger partial charge in [0.15, 0.2) is 0 Å². The maximum Gasteiger partial charge on any atom is -0.0533 e. The maximum absolute atomic E-state index is 10.3. The molecule has 0 aliphatic carbocycles. The van der Waals surface area contributed by atoms with Crippen molar-refractivity contribution in [3.05, 3.63) is 0 Å². The lowest BCUT2D eigenvalue weighted by Gasteiger charge is -2.04. The first-order valence-corrected chi connectivity index (χ1v) is 9.00. The summed E-state index contributed by atoms with van der Waals surface area (Å²) in [6, 6.07) is 0. The molecule has 0 bridgehead atoms. The van der Waals surface area contributed by atoms with Crippen LogP contribution in [0.4, 0.5) is 0 Å². The highest BCUT2D eigenvalue weighted by Gasteiger charge is 1.93. The van der Waals surface area contributed by atoms with Crippen molar-refractivity contribution in [3.8, 4) is 0 Å². The fourth-order valence-electron chi connectivity index (χ4n) is 2.65. The van der Waals surface area contributed by atoms with Crippen molar-refractivity contribution in [2.45, 2.75) is 110 Å². The molecule has 0 N–H and O–H groups in total. The minimum Gasteiger partial charge on any atom is -0.854 e. The molecule has 0 rings (SSSR count). The molecule has 0 saturated carbocycles. The Morgan fingerprint density at radius 1 is 0.421 bits per heavy atom. The van der Waals surface area contributed by atoms with E-state index in [0.717, 1.165) is 12.8 Å². The Bertz CT molecular complexity index is 129. The second-order valence-corrected chi connectivity index (χ2v) is 6.01. The van der Waals surface area contributed by atoms with E-state index < -0.39 is 0 Å². The monoisotopic (exact) mass is 269 g/mol. The Hall–Kier alpha value is -0.0400. The van der Waals surface area contributed by atoms with E-state index in [1.165, 1.54) is 89.9 Å². The van der Waals surface area contributed by atoms with Crippen LogP contribution < -0.4 is 5.11 Å². The van der Waals surface area contributed by atoms with Crippen molar-refractivity contribution in [2.75, 3.05) is 6.61 Å².